The monoisotopic (exact) mass is 1020 g/mol. The third kappa shape index (κ3) is 22.2. The fraction of sp³-hybridized carbons (Fsp3) is 0.827. The van der Waals surface area contributed by atoms with E-state index in [4.69, 9.17) is 28.4 Å². The molecule has 0 radical (unpaired) electrons. The van der Waals surface area contributed by atoms with Crippen molar-refractivity contribution >= 4 is 5.91 Å². The molecule has 3 aliphatic rings. The second-order valence-electron chi connectivity index (χ2n) is 19.0. The molecule has 0 saturated carbocycles. The first-order chi connectivity index (χ1) is 34.3. The summed E-state index contributed by atoms with van der Waals surface area (Å²) in [5, 5.41) is 119. The summed E-state index contributed by atoms with van der Waals surface area (Å²) in [6.07, 6.45) is 9.86. The van der Waals surface area contributed by atoms with Gasteiger partial charge in [-0.2, -0.15) is 0 Å². The number of hydrogen-bond donors (Lipinski definition) is 12. The molecule has 19 heteroatoms. The summed E-state index contributed by atoms with van der Waals surface area (Å²) in [4.78, 5) is 13.2. The average molecular weight is 1020 g/mol. The fourth-order valence-corrected chi connectivity index (χ4v) is 8.64. The quantitative estimate of drug-likeness (QED) is 0.0317. The molecule has 3 saturated heterocycles. The lowest BCUT2D eigenvalue weighted by Gasteiger charge is -2.48. The largest absolute Gasteiger partial charge is 0.394 e. The van der Waals surface area contributed by atoms with Gasteiger partial charge in [-0.05, 0) is 64.2 Å². The Morgan fingerprint density at radius 2 is 0.944 bits per heavy atom. The van der Waals surface area contributed by atoms with Crippen LogP contribution in [0.15, 0.2) is 48.6 Å². The molecule has 3 heterocycles. The summed E-state index contributed by atoms with van der Waals surface area (Å²) in [6, 6.07) is -0.991. The Morgan fingerprint density at radius 1 is 0.507 bits per heavy atom. The third-order valence-electron chi connectivity index (χ3n) is 13.1. The summed E-state index contributed by atoms with van der Waals surface area (Å²) in [5.41, 5.74) is 0. The number of carbonyl (C=O) groups is 1. The highest BCUT2D eigenvalue weighted by molar-refractivity contribution is 5.76. The van der Waals surface area contributed by atoms with Crippen LogP contribution in [0.5, 0.6) is 0 Å². The van der Waals surface area contributed by atoms with E-state index in [1.54, 1.807) is 6.08 Å². The van der Waals surface area contributed by atoms with Gasteiger partial charge in [0.25, 0.3) is 0 Å². The molecule has 71 heavy (non-hydrogen) atoms. The molecule has 0 spiro atoms. The van der Waals surface area contributed by atoms with E-state index in [0.717, 1.165) is 83.5 Å². The zero-order chi connectivity index (χ0) is 52.0. The minimum absolute atomic E-state index is 0.224. The Bertz CT molecular complexity index is 1500. The summed E-state index contributed by atoms with van der Waals surface area (Å²) in [6.45, 7) is 1.57. The van der Waals surface area contributed by atoms with Gasteiger partial charge in [-0.15, -0.1) is 0 Å². The summed E-state index contributed by atoms with van der Waals surface area (Å²) in [7, 11) is 0. The zero-order valence-corrected chi connectivity index (χ0v) is 42.2. The number of ether oxygens (including phenoxy) is 6. The van der Waals surface area contributed by atoms with Crippen LogP contribution < -0.4 is 5.32 Å². The smallest absolute Gasteiger partial charge is 0.220 e. The van der Waals surface area contributed by atoms with E-state index in [-0.39, 0.29) is 18.9 Å². The van der Waals surface area contributed by atoms with Crippen molar-refractivity contribution < 1.29 is 89.4 Å². The van der Waals surface area contributed by atoms with Crippen LogP contribution in [0.3, 0.4) is 0 Å². The van der Waals surface area contributed by atoms with Gasteiger partial charge in [-0.3, -0.25) is 4.79 Å². The molecule has 1 amide bonds. The molecular formula is C52H91NO18. The molecule has 3 rings (SSSR count). The van der Waals surface area contributed by atoms with Crippen molar-refractivity contribution in [2.24, 2.45) is 0 Å². The first-order valence-electron chi connectivity index (χ1n) is 26.4. The zero-order valence-electron chi connectivity index (χ0n) is 42.2. The predicted molar refractivity (Wildman–Crippen MR) is 263 cm³/mol. The lowest BCUT2D eigenvalue weighted by atomic mass is 9.96. The van der Waals surface area contributed by atoms with Gasteiger partial charge in [0.15, 0.2) is 18.9 Å². The molecule has 0 aromatic heterocycles. The molecule has 17 unspecified atom stereocenters. The molecule has 3 aliphatic heterocycles. The van der Waals surface area contributed by atoms with E-state index < -0.39 is 124 Å². The highest BCUT2D eigenvalue weighted by Gasteiger charge is 2.53. The first-order valence-corrected chi connectivity index (χ1v) is 26.4. The minimum Gasteiger partial charge on any atom is -0.394 e. The lowest BCUT2D eigenvalue weighted by Crippen LogP contribution is -2.66. The van der Waals surface area contributed by atoms with Crippen LogP contribution in [0.1, 0.15) is 142 Å². The Hall–Kier alpha value is -2.25. The van der Waals surface area contributed by atoms with Gasteiger partial charge in [0.05, 0.1) is 38.6 Å². The van der Waals surface area contributed by atoms with Gasteiger partial charge in [-0.1, -0.05) is 120 Å². The molecule has 0 aromatic carbocycles. The molecule has 0 aromatic rings. The summed E-state index contributed by atoms with van der Waals surface area (Å²) >= 11 is 0. The van der Waals surface area contributed by atoms with Crippen molar-refractivity contribution in [2.45, 2.75) is 247 Å². The minimum atomic E-state index is -1.98. The maximum Gasteiger partial charge on any atom is 0.220 e. The number of aliphatic hydroxyl groups excluding tert-OH is 11. The average Bonchev–Trinajstić information content (AvgIpc) is 3.36. The van der Waals surface area contributed by atoms with Crippen LogP contribution in [0.4, 0.5) is 0 Å². The van der Waals surface area contributed by atoms with Crippen molar-refractivity contribution in [1.82, 2.24) is 5.32 Å². The van der Waals surface area contributed by atoms with Crippen LogP contribution >= 0.6 is 0 Å². The number of carbonyl (C=O) groups excluding carboxylic acids is 1. The van der Waals surface area contributed by atoms with Crippen LogP contribution in [0.25, 0.3) is 0 Å². The van der Waals surface area contributed by atoms with Crippen LogP contribution in [0.2, 0.25) is 0 Å². The van der Waals surface area contributed by atoms with E-state index in [0.29, 0.717) is 12.8 Å². The number of amides is 1. The van der Waals surface area contributed by atoms with Gasteiger partial charge in [-0.25, -0.2) is 0 Å². The number of nitrogens with one attached hydrogen (secondary N) is 1. The Morgan fingerprint density at radius 3 is 1.49 bits per heavy atom. The molecule has 0 bridgehead atoms. The van der Waals surface area contributed by atoms with Crippen molar-refractivity contribution in [1.29, 1.82) is 0 Å². The van der Waals surface area contributed by atoms with E-state index in [1.807, 2.05) is 6.08 Å². The maximum atomic E-state index is 13.2. The molecule has 3 fully saturated rings. The van der Waals surface area contributed by atoms with Gasteiger partial charge in [0.1, 0.15) is 73.2 Å². The van der Waals surface area contributed by atoms with Gasteiger partial charge >= 0.3 is 0 Å². The highest BCUT2D eigenvalue weighted by atomic mass is 16.8. The van der Waals surface area contributed by atoms with Crippen LogP contribution in [-0.2, 0) is 33.2 Å². The molecule has 0 aliphatic carbocycles. The van der Waals surface area contributed by atoms with Gasteiger partial charge in [0, 0.05) is 6.42 Å². The number of hydrogen-bond acceptors (Lipinski definition) is 18. The molecule has 17 atom stereocenters. The fourth-order valence-electron chi connectivity index (χ4n) is 8.64. The Kier molecular flexibility index (Phi) is 32.5. The topological polar surface area (TPSA) is 307 Å². The van der Waals surface area contributed by atoms with Crippen molar-refractivity contribution in [2.75, 3.05) is 26.4 Å². The number of unbranched alkanes of at least 4 members (excludes halogenated alkanes) is 14. The van der Waals surface area contributed by atoms with E-state index in [2.05, 4.69) is 55.6 Å². The van der Waals surface area contributed by atoms with Crippen LogP contribution in [0, 0.1) is 0 Å². The van der Waals surface area contributed by atoms with Gasteiger partial charge < -0.3 is 89.9 Å². The third-order valence-corrected chi connectivity index (χ3v) is 13.1. The van der Waals surface area contributed by atoms with Crippen molar-refractivity contribution in [3.8, 4) is 0 Å². The number of allylic oxidation sites excluding steroid dienone is 7. The van der Waals surface area contributed by atoms with Crippen molar-refractivity contribution in [3.05, 3.63) is 48.6 Å². The highest BCUT2D eigenvalue weighted by Crippen LogP contribution is 2.33. The summed E-state index contributed by atoms with van der Waals surface area (Å²) < 4.78 is 34.0. The lowest BCUT2D eigenvalue weighted by molar-refractivity contribution is -0.379. The SMILES string of the molecule is CCCCC/C=C\C/C=C\CCCCCCCCCC(=O)NC(COC1OC(CO)C(OC2OC(CO)C(OC3OC(CO)C(O)C(O)C3O)C(O)C2O)C(O)C1O)C(O)/C=C/CC/C=C/CCCCC. The Labute approximate surface area is 421 Å². The van der Waals surface area contributed by atoms with Crippen molar-refractivity contribution in [3.63, 3.8) is 0 Å². The van der Waals surface area contributed by atoms with Crippen LogP contribution in [-0.4, -0.2) is 193 Å². The van der Waals surface area contributed by atoms with E-state index >= 15 is 0 Å². The number of aliphatic hydroxyl groups is 11. The van der Waals surface area contributed by atoms with Gasteiger partial charge in [0.2, 0.25) is 5.91 Å². The molecule has 12 N–H and O–H groups in total. The Balaban J connectivity index is 1.54. The van der Waals surface area contributed by atoms with E-state index in [1.165, 1.54) is 25.7 Å². The first kappa shape index (κ1) is 63.0. The normalized spacial score (nSPS) is 32.7. The summed E-state index contributed by atoms with van der Waals surface area (Å²) in [5.74, 6) is -0.300. The standard InChI is InChI=1S/C52H91NO18/c1-3-5-7-9-11-13-14-15-16-17-18-19-20-22-24-26-28-30-40(58)53-35(36(57)29-27-25-23-21-12-10-8-6-4-2)34-66-50-46(64)43(61)48(38(32-55)68-50)71-52-47(65)44(62)49(39(33-56)69-52)70-51-45(63)42(60)41(59)37(31-54)67-51/h11-13,15-16,21,27,29,35-39,41-52,54-57,59-65H,3-10,14,17-20,22-26,28,30-34H2,1-2H3,(H,53,58)/b13-11-,16-15-,21-12+,29-27+. The second kappa shape index (κ2) is 36.7. The predicted octanol–water partition coefficient (Wildman–Crippen LogP) is 2.36. The number of rotatable bonds is 36. The maximum absolute atomic E-state index is 13.2. The van der Waals surface area contributed by atoms with E-state index in [9.17, 15) is 61.0 Å². The molecule has 19 nitrogen and oxygen atoms in total. The molecule has 412 valence electrons. The molecular weight excluding hydrogens is 927 g/mol. The second-order valence-corrected chi connectivity index (χ2v) is 19.0.